The van der Waals surface area contributed by atoms with E-state index in [-0.39, 0.29) is 5.75 Å². The van der Waals surface area contributed by atoms with E-state index in [1.54, 1.807) is 19.1 Å². The first-order valence-electron chi connectivity index (χ1n) is 6.35. The quantitative estimate of drug-likeness (QED) is 0.891. The maximum atomic E-state index is 13.9. The molecule has 2 aromatic carbocycles. The van der Waals surface area contributed by atoms with E-state index in [1.807, 2.05) is 31.2 Å². The lowest BCUT2D eigenvalue weighted by Gasteiger charge is -2.12. The van der Waals surface area contributed by atoms with Gasteiger partial charge in [0.2, 0.25) is 0 Å². The Bertz CT molecular complexity index is 564. The molecule has 0 saturated heterocycles. The van der Waals surface area contributed by atoms with Gasteiger partial charge in [-0.15, -0.1) is 0 Å². The largest absolute Gasteiger partial charge is 0.454 e. The molecule has 0 fully saturated rings. The highest BCUT2D eigenvalue weighted by atomic mass is 19.1. The normalized spacial score (nSPS) is 12.2. The molecule has 3 heteroatoms. The monoisotopic (exact) mass is 260 g/mol. The summed E-state index contributed by atoms with van der Waals surface area (Å²) in [6.07, 6.45) is 0.135. The summed E-state index contributed by atoms with van der Waals surface area (Å²) in [4.78, 5) is 0. The molecule has 0 aliphatic rings. The number of hydrogen-bond donors (Lipinski definition) is 1. The summed E-state index contributed by atoms with van der Waals surface area (Å²) >= 11 is 0. The molecule has 0 saturated carbocycles. The lowest BCUT2D eigenvalue weighted by Crippen LogP contribution is -1.96. The predicted octanol–water partition coefficient (Wildman–Crippen LogP) is 4.23. The third-order valence-corrected chi connectivity index (χ3v) is 3.01. The second kappa shape index (κ2) is 5.85. The number of rotatable bonds is 4. The highest BCUT2D eigenvalue weighted by Gasteiger charge is 2.10. The topological polar surface area (TPSA) is 29.5 Å². The minimum atomic E-state index is -0.688. The fourth-order valence-electron chi connectivity index (χ4n) is 1.87. The van der Waals surface area contributed by atoms with Crippen LogP contribution in [0.3, 0.4) is 0 Å². The van der Waals surface area contributed by atoms with Gasteiger partial charge in [0, 0.05) is 0 Å². The van der Waals surface area contributed by atoms with Crippen LogP contribution in [0.15, 0.2) is 42.5 Å². The molecule has 0 aromatic heterocycles. The van der Waals surface area contributed by atoms with E-state index in [0.717, 1.165) is 12.0 Å². The van der Waals surface area contributed by atoms with Gasteiger partial charge in [-0.25, -0.2) is 4.39 Å². The van der Waals surface area contributed by atoms with Crippen LogP contribution >= 0.6 is 0 Å². The summed E-state index contributed by atoms with van der Waals surface area (Å²) in [5.41, 5.74) is 1.56. The number of halogens is 1. The Morgan fingerprint density at radius 1 is 1.16 bits per heavy atom. The van der Waals surface area contributed by atoms with E-state index in [9.17, 15) is 9.50 Å². The van der Waals surface area contributed by atoms with Crippen LogP contribution in [-0.2, 0) is 6.42 Å². The Morgan fingerprint density at radius 3 is 2.53 bits per heavy atom. The third kappa shape index (κ3) is 3.12. The van der Waals surface area contributed by atoms with Crippen molar-refractivity contribution in [1.29, 1.82) is 0 Å². The second-order valence-electron chi connectivity index (χ2n) is 4.43. The second-order valence-corrected chi connectivity index (χ2v) is 4.43. The highest BCUT2D eigenvalue weighted by Crippen LogP contribution is 2.29. The summed E-state index contributed by atoms with van der Waals surface area (Å²) in [6.45, 7) is 3.62. The van der Waals surface area contributed by atoms with Crippen molar-refractivity contribution in [3.63, 3.8) is 0 Å². The summed E-state index contributed by atoms with van der Waals surface area (Å²) in [5, 5.41) is 9.40. The van der Waals surface area contributed by atoms with Gasteiger partial charge < -0.3 is 9.84 Å². The molecule has 2 aromatic rings. The number of para-hydroxylation sites is 1. The molecular weight excluding hydrogens is 243 g/mol. The minimum Gasteiger partial charge on any atom is -0.454 e. The van der Waals surface area contributed by atoms with E-state index in [0.29, 0.717) is 11.3 Å². The SMILES string of the molecule is CCc1ccccc1Oc1ccc([C@H](C)O)cc1F. The maximum absolute atomic E-state index is 13.9. The first-order chi connectivity index (χ1) is 9.11. The zero-order chi connectivity index (χ0) is 13.8. The zero-order valence-corrected chi connectivity index (χ0v) is 11.1. The molecule has 0 amide bonds. The van der Waals surface area contributed by atoms with Crippen molar-refractivity contribution in [2.75, 3.05) is 0 Å². The van der Waals surface area contributed by atoms with Crippen LogP contribution in [0.1, 0.15) is 31.1 Å². The molecule has 0 aliphatic heterocycles. The predicted molar refractivity (Wildman–Crippen MR) is 72.9 cm³/mol. The van der Waals surface area contributed by atoms with E-state index >= 15 is 0 Å². The summed E-state index contributed by atoms with van der Waals surface area (Å²) < 4.78 is 19.5. The molecular formula is C16H17FO2. The van der Waals surface area contributed by atoms with Gasteiger partial charge in [0.05, 0.1) is 6.10 Å². The van der Waals surface area contributed by atoms with Crippen LogP contribution < -0.4 is 4.74 Å². The Morgan fingerprint density at radius 2 is 1.89 bits per heavy atom. The number of aliphatic hydroxyl groups is 1. The number of hydrogen-bond acceptors (Lipinski definition) is 2. The van der Waals surface area contributed by atoms with Crippen molar-refractivity contribution in [2.45, 2.75) is 26.4 Å². The summed E-state index contributed by atoms with van der Waals surface area (Å²) in [5.74, 6) is 0.364. The standard InChI is InChI=1S/C16H17FO2/c1-3-12-6-4-5-7-15(12)19-16-9-8-13(11(2)18)10-14(16)17/h4-11,18H,3H2,1-2H3/t11-/m0/s1. The molecule has 0 unspecified atom stereocenters. The smallest absolute Gasteiger partial charge is 0.166 e. The van der Waals surface area contributed by atoms with E-state index in [4.69, 9.17) is 4.74 Å². The fraction of sp³-hybridized carbons (Fsp3) is 0.250. The molecule has 2 nitrogen and oxygen atoms in total. The molecule has 0 spiro atoms. The third-order valence-electron chi connectivity index (χ3n) is 3.01. The average molecular weight is 260 g/mol. The molecule has 0 heterocycles. The maximum Gasteiger partial charge on any atom is 0.166 e. The van der Waals surface area contributed by atoms with E-state index in [1.165, 1.54) is 6.07 Å². The van der Waals surface area contributed by atoms with Gasteiger partial charge in [0.1, 0.15) is 5.75 Å². The van der Waals surface area contributed by atoms with Gasteiger partial charge in [0.15, 0.2) is 11.6 Å². The Kier molecular flexibility index (Phi) is 4.17. The average Bonchev–Trinajstić information content (AvgIpc) is 2.41. The molecule has 0 radical (unpaired) electrons. The molecule has 2 rings (SSSR count). The van der Waals surface area contributed by atoms with Gasteiger partial charge in [0.25, 0.3) is 0 Å². The molecule has 0 bridgehead atoms. The lowest BCUT2D eigenvalue weighted by atomic mass is 10.1. The van der Waals surface area contributed by atoms with Crippen LogP contribution in [0.25, 0.3) is 0 Å². The molecule has 0 aliphatic carbocycles. The van der Waals surface area contributed by atoms with Crippen LogP contribution in [-0.4, -0.2) is 5.11 Å². The van der Waals surface area contributed by atoms with Gasteiger partial charge in [-0.2, -0.15) is 0 Å². The van der Waals surface area contributed by atoms with Crippen LogP contribution in [0, 0.1) is 5.82 Å². The van der Waals surface area contributed by atoms with Gasteiger partial charge in [-0.1, -0.05) is 31.2 Å². The lowest BCUT2D eigenvalue weighted by molar-refractivity contribution is 0.198. The molecule has 19 heavy (non-hydrogen) atoms. The van der Waals surface area contributed by atoms with Crippen molar-refractivity contribution in [3.8, 4) is 11.5 Å². The summed E-state index contributed by atoms with van der Waals surface area (Å²) in [6, 6.07) is 12.1. The summed E-state index contributed by atoms with van der Waals surface area (Å²) in [7, 11) is 0. The fourth-order valence-corrected chi connectivity index (χ4v) is 1.87. The number of benzene rings is 2. The van der Waals surface area contributed by atoms with Gasteiger partial charge in [-0.05, 0) is 42.7 Å². The first-order valence-corrected chi connectivity index (χ1v) is 6.35. The number of ether oxygens (including phenoxy) is 1. The Hall–Kier alpha value is -1.87. The van der Waals surface area contributed by atoms with Crippen molar-refractivity contribution in [2.24, 2.45) is 0 Å². The van der Waals surface area contributed by atoms with Gasteiger partial charge in [-0.3, -0.25) is 0 Å². The van der Waals surface area contributed by atoms with Gasteiger partial charge >= 0.3 is 0 Å². The molecule has 1 atom stereocenters. The number of aryl methyl sites for hydroxylation is 1. The zero-order valence-electron chi connectivity index (χ0n) is 11.1. The number of aliphatic hydroxyl groups excluding tert-OH is 1. The van der Waals surface area contributed by atoms with Crippen molar-refractivity contribution < 1.29 is 14.2 Å². The van der Waals surface area contributed by atoms with Crippen LogP contribution in [0.5, 0.6) is 11.5 Å². The van der Waals surface area contributed by atoms with Crippen molar-refractivity contribution >= 4 is 0 Å². The minimum absolute atomic E-state index is 0.172. The van der Waals surface area contributed by atoms with E-state index < -0.39 is 11.9 Å². The highest BCUT2D eigenvalue weighted by molar-refractivity contribution is 5.39. The van der Waals surface area contributed by atoms with Crippen molar-refractivity contribution in [1.82, 2.24) is 0 Å². The molecule has 100 valence electrons. The van der Waals surface area contributed by atoms with Crippen molar-refractivity contribution in [3.05, 3.63) is 59.4 Å². The Balaban J connectivity index is 2.28. The van der Waals surface area contributed by atoms with Crippen LogP contribution in [0.2, 0.25) is 0 Å². The first kappa shape index (κ1) is 13.6. The van der Waals surface area contributed by atoms with E-state index in [2.05, 4.69) is 0 Å². The van der Waals surface area contributed by atoms with Crippen LogP contribution in [0.4, 0.5) is 4.39 Å². The molecule has 1 N–H and O–H groups in total. The Labute approximate surface area is 112 Å².